The predicted molar refractivity (Wildman–Crippen MR) is 207 cm³/mol. The second-order valence-electron chi connectivity index (χ2n) is 14.6. The summed E-state index contributed by atoms with van der Waals surface area (Å²) in [6.07, 6.45) is 55.9. The van der Waals surface area contributed by atoms with Gasteiger partial charge in [0.1, 0.15) is 0 Å². The topological polar surface area (TPSA) is 54.4 Å². The van der Waals surface area contributed by atoms with E-state index in [-0.39, 0.29) is 0 Å². The molecule has 0 aliphatic carbocycles. The number of carbonyl (C=O) groups excluding carboxylic acids is 1. The molecule has 0 rings (SSSR count). The summed E-state index contributed by atoms with van der Waals surface area (Å²) in [7, 11) is 0. The molecule has 0 amide bonds. The maximum Gasteiger partial charge on any atom is 0.327 e. The molecule has 3 heteroatoms. The first-order valence-corrected chi connectivity index (χ1v) is 21.3. The molecule has 0 spiro atoms. The molecule has 0 aromatic rings. The number of hydrogen-bond acceptors (Lipinski definition) is 2. The van der Waals surface area contributed by atoms with E-state index in [1.165, 1.54) is 212 Å². The van der Waals surface area contributed by atoms with Crippen LogP contribution in [0.1, 0.15) is 244 Å². The molecule has 0 aliphatic rings. The third-order valence-corrected chi connectivity index (χ3v) is 9.83. The van der Waals surface area contributed by atoms with Crippen LogP contribution in [0.15, 0.2) is 24.3 Å². The predicted octanol–water partition coefficient (Wildman–Crippen LogP) is 15.2. The molecule has 276 valence electrons. The average Bonchev–Trinajstić information content (AvgIpc) is 3.06. The second kappa shape index (κ2) is 40.8. The van der Waals surface area contributed by atoms with E-state index in [1.54, 1.807) is 6.08 Å². The Morgan fingerprint density at radius 3 is 0.915 bits per heavy atom. The van der Waals surface area contributed by atoms with Gasteiger partial charge in [0.05, 0.1) is 0 Å². The number of unbranched alkanes of at least 4 members (excludes halogenated alkanes) is 34. The molecule has 0 bridgehead atoms. The fourth-order valence-electron chi connectivity index (χ4n) is 6.68. The largest absolute Gasteiger partial charge is 0.478 e. The summed E-state index contributed by atoms with van der Waals surface area (Å²) in [5.41, 5.74) is 0. The Kier molecular flexibility index (Phi) is 39.6. The van der Waals surface area contributed by atoms with Gasteiger partial charge in [-0.25, -0.2) is 4.79 Å². The molecule has 0 saturated carbocycles. The molecule has 0 unspecified atom stereocenters. The summed E-state index contributed by atoms with van der Waals surface area (Å²) in [5, 5.41) is 8.56. The molecule has 1 N–H and O–H groups in total. The van der Waals surface area contributed by atoms with Gasteiger partial charge in [-0.3, -0.25) is 4.79 Å². The quantitative estimate of drug-likeness (QED) is 0.0526. The van der Waals surface area contributed by atoms with Crippen molar-refractivity contribution in [3.8, 4) is 0 Å². The van der Waals surface area contributed by atoms with E-state index in [9.17, 15) is 9.59 Å². The summed E-state index contributed by atoms with van der Waals surface area (Å²) in [6, 6.07) is 0. The summed E-state index contributed by atoms with van der Waals surface area (Å²) in [6.45, 7) is 2.29. The summed E-state index contributed by atoms with van der Waals surface area (Å²) >= 11 is 0. The Morgan fingerprint density at radius 1 is 0.362 bits per heavy atom. The highest BCUT2D eigenvalue weighted by atomic mass is 16.4. The highest BCUT2D eigenvalue weighted by Gasteiger charge is 1.99. The van der Waals surface area contributed by atoms with Gasteiger partial charge < -0.3 is 5.11 Å². The minimum Gasteiger partial charge on any atom is -0.478 e. The van der Waals surface area contributed by atoms with Gasteiger partial charge in [0.15, 0.2) is 5.78 Å². The molecule has 0 fully saturated rings. The van der Waals surface area contributed by atoms with Gasteiger partial charge in [-0.1, -0.05) is 218 Å². The summed E-state index contributed by atoms with van der Waals surface area (Å²) in [4.78, 5) is 22.5. The number of rotatable bonds is 40. The lowest BCUT2D eigenvalue weighted by Crippen LogP contribution is -1.92. The molecule has 0 aliphatic heterocycles. The van der Waals surface area contributed by atoms with E-state index in [1.807, 2.05) is 6.08 Å². The van der Waals surface area contributed by atoms with Crippen molar-refractivity contribution in [1.29, 1.82) is 0 Å². The Hall–Kier alpha value is -1.38. The first-order valence-electron chi connectivity index (χ1n) is 21.3. The lowest BCUT2D eigenvalue weighted by Gasteiger charge is -2.04. The first-order chi connectivity index (χ1) is 23.2. The summed E-state index contributed by atoms with van der Waals surface area (Å²) in [5.74, 6) is -0.505. The smallest absolute Gasteiger partial charge is 0.327 e. The minimum atomic E-state index is -0.838. The van der Waals surface area contributed by atoms with Gasteiger partial charge in [-0.2, -0.15) is 0 Å². The van der Waals surface area contributed by atoms with Crippen LogP contribution in [0.3, 0.4) is 0 Å². The zero-order chi connectivity index (χ0) is 34.1. The standard InChI is InChI=1S/C44H82O3/c1-2-3-4-5-6-7-8-9-10-11-13-16-19-22-25-28-31-34-37-40-43(45)41-38-35-32-29-26-23-20-17-14-12-15-18-21-24-27-30-33-36-39-42-44(46)47/h37,39-40,42H,2-36,38,41H2,1H3,(H,46,47). The molecule has 0 radical (unpaired) electrons. The van der Waals surface area contributed by atoms with Crippen LogP contribution in [-0.2, 0) is 9.59 Å². The molecular weight excluding hydrogens is 576 g/mol. The number of carboxylic acids is 1. The third-order valence-electron chi connectivity index (χ3n) is 9.83. The van der Waals surface area contributed by atoms with Gasteiger partial charge in [0.25, 0.3) is 0 Å². The van der Waals surface area contributed by atoms with Crippen LogP contribution in [0.2, 0.25) is 0 Å². The Bertz CT molecular complexity index is 694. The third kappa shape index (κ3) is 42.6. The maximum absolute atomic E-state index is 12.1. The van der Waals surface area contributed by atoms with Gasteiger partial charge in [-0.15, -0.1) is 0 Å². The number of ketones is 1. The van der Waals surface area contributed by atoms with E-state index in [2.05, 4.69) is 13.0 Å². The molecule has 0 aromatic heterocycles. The van der Waals surface area contributed by atoms with Crippen LogP contribution in [0, 0.1) is 0 Å². The minimum absolute atomic E-state index is 0.333. The van der Waals surface area contributed by atoms with Crippen molar-refractivity contribution in [3.63, 3.8) is 0 Å². The van der Waals surface area contributed by atoms with Crippen LogP contribution in [0.4, 0.5) is 0 Å². The highest BCUT2D eigenvalue weighted by molar-refractivity contribution is 5.89. The van der Waals surface area contributed by atoms with Crippen LogP contribution >= 0.6 is 0 Å². The van der Waals surface area contributed by atoms with Crippen molar-refractivity contribution in [1.82, 2.24) is 0 Å². The van der Waals surface area contributed by atoms with Crippen LogP contribution < -0.4 is 0 Å². The van der Waals surface area contributed by atoms with E-state index in [0.717, 1.165) is 32.1 Å². The Morgan fingerprint density at radius 2 is 0.617 bits per heavy atom. The van der Waals surface area contributed by atoms with Crippen molar-refractivity contribution < 1.29 is 14.7 Å². The van der Waals surface area contributed by atoms with Crippen molar-refractivity contribution >= 4 is 11.8 Å². The van der Waals surface area contributed by atoms with E-state index in [4.69, 9.17) is 5.11 Å². The molecule has 3 nitrogen and oxygen atoms in total. The number of carbonyl (C=O) groups is 2. The molecule has 0 heterocycles. The zero-order valence-electron chi connectivity index (χ0n) is 31.7. The van der Waals surface area contributed by atoms with Crippen LogP contribution in [0.5, 0.6) is 0 Å². The average molecular weight is 659 g/mol. The zero-order valence-corrected chi connectivity index (χ0v) is 31.7. The SMILES string of the molecule is CCCCCCCCCCCCCCCCCCCC=CC(=O)CCCCCCCCCCCCCCCCCCCC=CC(=O)O. The maximum atomic E-state index is 12.1. The molecule has 47 heavy (non-hydrogen) atoms. The lowest BCUT2D eigenvalue weighted by atomic mass is 10.0. The Balaban J connectivity index is 3.22. The highest BCUT2D eigenvalue weighted by Crippen LogP contribution is 2.16. The molecule has 0 aromatic carbocycles. The van der Waals surface area contributed by atoms with Crippen molar-refractivity contribution in [2.75, 3.05) is 0 Å². The van der Waals surface area contributed by atoms with Crippen molar-refractivity contribution in [3.05, 3.63) is 24.3 Å². The van der Waals surface area contributed by atoms with Crippen LogP contribution in [-0.4, -0.2) is 16.9 Å². The van der Waals surface area contributed by atoms with Gasteiger partial charge in [0.2, 0.25) is 0 Å². The molecule has 0 saturated heterocycles. The fraction of sp³-hybridized carbons (Fsp3) is 0.864. The fourth-order valence-corrected chi connectivity index (χ4v) is 6.68. The van der Waals surface area contributed by atoms with E-state index >= 15 is 0 Å². The normalized spacial score (nSPS) is 11.8. The lowest BCUT2D eigenvalue weighted by molar-refractivity contribution is -0.131. The number of allylic oxidation sites excluding steroid dienone is 3. The van der Waals surface area contributed by atoms with Crippen molar-refractivity contribution in [2.24, 2.45) is 0 Å². The van der Waals surface area contributed by atoms with Crippen molar-refractivity contribution in [2.45, 2.75) is 244 Å². The second-order valence-corrected chi connectivity index (χ2v) is 14.6. The monoisotopic (exact) mass is 659 g/mol. The Labute approximate surface area is 294 Å². The molecule has 0 atom stereocenters. The van der Waals surface area contributed by atoms with Crippen LogP contribution in [0.25, 0.3) is 0 Å². The number of hydrogen-bond donors (Lipinski definition) is 1. The van der Waals surface area contributed by atoms with E-state index in [0.29, 0.717) is 5.78 Å². The summed E-state index contributed by atoms with van der Waals surface area (Å²) < 4.78 is 0. The number of carboxylic acid groups (broad SMARTS) is 1. The number of aliphatic carboxylic acids is 1. The van der Waals surface area contributed by atoms with Gasteiger partial charge >= 0.3 is 5.97 Å². The van der Waals surface area contributed by atoms with Gasteiger partial charge in [0, 0.05) is 12.5 Å². The van der Waals surface area contributed by atoms with E-state index < -0.39 is 5.97 Å². The molecular formula is C44H82O3. The first kappa shape index (κ1) is 45.6. The van der Waals surface area contributed by atoms with Gasteiger partial charge in [-0.05, 0) is 38.2 Å².